The molecule has 1 unspecified atom stereocenters. The molecule has 0 heterocycles. The van der Waals surface area contributed by atoms with Crippen LogP contribution >= 0.6 is 0 Å². The van der Waals surface area contributed by atoms with Gasteiger partial charge >= 0.3 is 0 Å². The Morgan fingerprint density at radius 1 is 1.04 bits per heavy atom. The zero-order chi connectivity index (χ0) is 16.7. The van der Waals surface area contributed by atoms with Gasteiger partial charge in [-0.2, -0.15) is 0 Å². The third kappa shape index (κ3) is 5.34. The van der Waals surface area contributed by atoms with Crippen molar-refractivity contribution in [2.24, 2.45) is 0 Å². The van der Waals surface area contributed by atoms with Gasteiger partial charge in [0.2, 0.25) is 0 Å². The van der Waals surface area contributed by atoms with E-state index in [2.05, 4.69) is 0 Å². The summed E-state index contributed by atoms with van der Waals surface area (Å²) in [7, 11) is -3.37. The van der Waals surface area contributed by atoms with Crippen molar-refractivity contribution in [3.63, 3.8) is 0 Å². The van der Waals surface area contributed by atoms with Crippen LogP contribution < -0.4 is 0 Å². The van der Waals surface area contributed by atoms with Crippen molar-refractivity contribution >= 4 is 9.84 Å². The van der Waals surface area contributed by atoms with E-state index >= 15 is 0 Å². The molecule has 0 amide bonds. The zero-order valence-corrected chi connectivity index (χ0v) is 14.0. The van der Waals surface area contributed by atoms with E-state index in [0.717, 1.165) is 17.5 Å². The van der Waals surface area contributed by atoms with Crippen LogP contribution in [0.25, 0.3) is 0 Å². The Morgan fingerprint density at radius 2 is 1.70 bits per heavy atom. The van der Waals surface area contributed by atoms with Gasteiger partial charge < -0.3 is 5.11 Å². The topological polar surface area (TPSA) is 54.4 Å². The third-order valence-corrected chi connectivity index (χ3v) is 5.14. The molecule has 1 N–H and O–H groups in total. The fourth-order valence-corrected chi connectivity index (χ4v) is 3.33. The molecule has 0 aromatic heterocycles. The lowest BCUT2D eigenvalue weighted by molar-refractivity contribution is 0.165. The van der Waals surface area contributed by atoms with Crippen molar-refractivity contribution in [2.75, 3.05) is 0 Å². The number of hydrogen-bond donors (Lipinski definition) is 1. The molecule has 0 aliphatic rings. The maximum atomic E-state index is 12.1. The Kier molecular flexibility index (Phi) is 6.13. The summed E-state index contributed by atoms with van der Waals surface area (Å²) in [6.45, 7) is 1.92. The third-order valence-electron chi connectivity index (χ3n) is 3.66. The number of aliphatic hydroxyl groups is 1. The number of hydrogen-bond acceptors (Lipinski definition) is 3. The fraction of sp³-hybridized carbons (Fsp3) is 0.263. The van der Waals surface area contributed by atoms with Gasteiger partial charge in [0.15, 0.2) is 9.84 Å². The van der Waals surface area contributed by atoms with Crippen molar-refractivity contribution in [2.45, 2.75) is 37.2 Å². The Morgan fingerprint density at radius 3 is 2.35 bits per heavy atom. The average Bonchev–Trinajstić information content (AvgIpc) is 2.55. The largest absolute Gasteiger partial charge is 0.388 e. The zero-order valence-electron chi connectivity index (χ0n) is 13.2. The van der Waals surface area contributed by atoms with E-state index in [1.54, 1.807) is 30.3 Å². The highest BCUT2D eigenvalue weighted by Crippen LogP contribution is 2.19. The van der Waals surface area contributed by atoms with E-state index in [4.69, 9.17) is 0 Å². The predicted molar refractivity (Wildman–Crippen MR) is 92.8 cm³/mol. The molecule has 2 aromatic carbocycles. The number of allylic oxidation sites excluding steroid dienone is 1. The van der Waals surface area contributed by atoms with Gasteiger partial charge in [-0.05, 0) is 43.9 Å². The standard InChI is InChI=1S/C19H22O3S/c1-16-11-13-18(14-12-16)23(21,22)15-7-3-6-10-19(20)17-8-4-2-5-9-17/h2,4-5,7-9,11-15,19-20H,3,6,10H2,1H3/b15-7+. The van der Waals surface area contributed by atoms with Gasteiger partial charge in [-0.1, -0.05) is 54.1 Å². The first-order chi connectivity index (χ1) is 11.0. The monoisotopic (exact) mass is 330 g/mol. The van der Waals surface area contributed by atoms with Crippen LogP contribution in [0.4, 0.5) is 0 Å². The normalized spacial score (nSPS) is 13.3. The second-order valence-corrected chi connectivity index (χ2v) is 7.42. The molecule has 1 atom stereocenters. The van der Waals surface area contributed by atoms with E-state index in [-0.39, 0.29) is 0 Å². The molecule has 0 spiro atoms. The summed E-state index contributed by atoms with van der Waals surface area (Å²) >= 11 is 0. The van der Waals surface area contributed by atoms with Crippen LogP contribution in [-0.2, 0) is 9.84 Å². The predicted octanol–water partition coefficient (Wildman–Crippen LogP) is 4.19. The molecule has 0 aliphatic carbocycles. The molecule has 3 nitrogen and oxygen atoms in total. The van der Waals surface area contributed by atoms with Crippen molar-refractivity contribution in [1.82, 2.24) is 0 Å². The summed E-state index contributed by atoms with van der Waals surface area (Å²) in [6.07, 6.45) is 3.12. The minimum atomic E-state index is -3.37. The van der Waals surface area contributed by atoms with Gasteiger partial charge in [-0.25, -0.2) is 8.42 Å². The molecule has 23 heavy (non-hydrogen) atoms. The number of rotatable bonds is 7. The highest BCUT2D eigenvalue weighted by atomic mass is 32.2. The summed E-state index contributed by atoms with van der Waals surface area (Å²) in [5, 5.41) is 11.3. The van der Waals surface area contributed by atoms with Crippen LogP contribution in [0.3, 0.4) is 0 Å². The van der Waals surface area contributed by atoms with Crippen molar-refractivity contribution in [1.29, 1.82) is 0 Å². The summed E-state index contributed by atoms with van der Waals surface area (Å²) < 4.78 is 24.3. The number of benzene rings is 2. The Hall–Kier alpha value is -1.91. The van der Waals surface area contributed by atoms with Gasteiger partial charge in [-0.3, -0.25) is 0 Å². The Balaban J connectivity index is 1.83. The fourth-order valence-electron chi connectivity index (χ4n) is 2.27. The lowest BCUT2D eigenvalue weighted by Crippen LogP contribution is -1.97. The summed E-state index contributed by atoms with van der Waals surface area (Å²) in [4.78, 5) is 0.309. The molecule has 2 aromatic rings. The summed E-state index contributed by atoms with van der Waals surface area (Å²) in [5.74, 6) is 0. The Labute approximate surface area is 138 Å². The molecular formula is C19H22O3S. The second-order valence-electron chi connectivity index (χ2n) is 5.59. The molecule has 0 radical (unpaired) electrons. The maximum absolute atomic E-state index is 12.1. The number of aryl methyl sites for hydroxylation is 1. The van der Waals surface area contributed by atoms with Gasteiger partial charge in [0, 0.05) is 5.41 Å². The van der Waals surface area contributed by atoms with Crippen LogP contribution in [0.5, 0.6) is 0 Å². The molecule has 0 bridgehead atoms. The van der Waals surface area contributed by atoms with Crippen molar-refractivity contribution in [3.05, 3.63) is 77.2 Å². The van der Waals surface area contributed by atoms with Crippen molar-refractivity contribution < 1.29 is 13.5 Å². The summed E-state index contributed by atoms with van der Waals surface area (Å²) in [5.41, 5.74) is 1.92. The number of sulfone groups is 1. The van der Waals surface area contributed by atoms with E-state index < -0.39 is 15.9 Å². The quantitative estimate of drug-likeness (QED) is 0.775. The van der Waals surface area contributed by atoms with E-state index in [1.165, 1.54) is 5.41 Å². The van der Waals surface area contributed by atoms with Gasteiger partial charge in [0.1, 0.15) is 0 Å². The maximum Gasteiger partial charge on any atom is 0.199 e. The molecule has 122 valence electrons. The molecule has 0 fully saturated rings. The van der Waals surface area contributed by atoms with Crippen LogP contribution in [0.2, 0.25) is 0 Å². The van der Waals surface area contributed by atoms with Crippen LogP contribution in [-0.4, -0.2) is 13.5 Å². The van der Waals surface area contributed by atoms with Gasteiger partial charge in [0.05, 0.1) is 11.0 Å². The van der Waals surface area contributed by atoms with Crippen LogP contribution in [0.1, 0.15) is 36.5 Å². The lowest BCUT2D eigenvalue weighted by Gasteiger charge is -2.09. The first-order valence-electron chi connectivity index (χ1n) is 7.70. The first kappa shape index (κ1) is 17.4. The summed E-state index contributed by atoms with van der Waals surface area (Å²) in [6, 6.07) is 16.3. The molecule has 4 heteroatoms. The second kappa shape index (κ2) is 8.09. The van der Waals surface area contributed by atoms with Crippen molar-refractivity contribution in [3.8, 4) is 0 Å². The average molecular weight is 330 g/mol. The molecule has 0 saturated heterocycles. The molecule has 0 aliphatic heterocycles. The first-order valence-corrected chi connectivity index (χ1v) is 9.25. The molecule has 0 saturated carbocycles. The highest BCUT2D eigenvalue weighted by Gasteiger charge is 2.09. The van der Waals surface area contributed by atoms with Gasteiger partial charge in [-0.15, -0.1) is 0 Å². The van der Waals surface area contributed by atoms with E-state index in [1.807, 2.05) is 37.3 Å². The van der Waals surface area contributed by atoms with E-state index in [0.29, 0.717) is 17.7 Å². The number of aliphatic hydroxyl groups excluding tert-OH is 1. The smallest absolute Gasteiger partial charge is 0.199 e. The van der Waals surface area contributed by atoms with Crippen LogP contribution in [0.15, 0.2) is 71.0 Å². The SMILES string of the molecule is Cc1ccc(S(=O)(=O)/C=C/CCCC(O)c2ccccc2)cc1. The molecule has 2 rings (SSSR count). The number of unbranched alkanes of at least 4 members (excludes halogenated alkanes) is 1. The van der Waals surface area contributed by atoms with Crippen LogP contribution in [0, 0.1) is 6.92 Å². The lowest BCUT2D eigenvalue weighted by atomic mass is 10.0. The van der Waals surface area contributed by atoms with E-state index in [9.17, 15) is 13.5 Å². The van der Waals surface area contributed by atoms with Gasteiger partial charge in [0.25, 0.3) is 0 Å². The highest BCUT2D eigenvalue weighted by molar-refractivity contribution is 7.94. The minimum absolute atomic E-state index is 0.309. The minimum Gasteiger partial charge on any atom is -0.388 e. The molecular weight excluding hydrogens is 308 g/mol. The Bertz CT molecular complexity index is 732.